The summed E-state index contributed by atoms with van der Waals surface area (Å²) in [5.41, 5.74) is 0.0921. The zero-order valence-corrected chi connectivity index (χ0v) is 35.0. The van der Waals surface area contributed by atoms with E-state index in [2.05, 4.69) is 17.2 Å². The number of hydrogen-bond acceptors (Lipinski definition) is 13. The van der Waals surface area contributed by atoms with Crippen molar-refractivity contribution in [3.63, 3.8) is 0 Å². The van der Waals surface area contributed by atoms with E-state index in [-0.39, 0.29) is 41.1 Å². The summed E-state index contributed by atoms with van der Waals surface area (Å²) in [7, 11) is 0. The largest absolute Gasteiger partial charge is 0.508 e. The Morgan fingerprint density at radius 2 is 1.83 bits per heavy atom. The first-order valence-electron chi connectivity index (χ1n) is 21.6. The molecule has 3 aliphatic rings. The number of phenols is 2. The highest BCUT2D eigenvalue weighted by Gasteiger charge is 2.53. The molecule has 0 bridgehead atoms. The van der Waals surface area contributed by atoms with Crippen LogP contribution in [0.1, 0.15) is 61.6 Å². The van der Waals surface area contributed by atoms with E-state index in [1.807, 2.05) is 23.0 Å². The van der Waals surface area contributed by atoms with Crippen molar-refractivity contribution in [3.8, 4) is 22.9 Å². The zero-order chi connectivity index (χ0) is 44.4. The molecule has 1 spiro atoms. The van der Waals surface area contributed by atoms with Crippen LogP contribution in [0.2, 0.25) is 0 Å². The van der Waals surface area contributed by atoms with Crippen molar-refractivity contribution in [1.82, 2.24) is 14.9 Å². The Morgan fingerprint density at radius 1 is 1.00 bits per heavy atom. The van der Waals surface area contributed by atoms with Crippen molar-refractivity contribution >= 4 is 38.6 Å². The highest BCUT2D eigenvalue weighted by molar-refractivity contribution is 5.93. The van der Waals surface area contributed by atoms with Crippen LogP contribution in [0.25, 0.3) is 38.3 Å². The molecule has 9 N–H and O–H groups in total. The molecule has 1 aliphatic carbocycles. The summed E-state index contributed by atoms with van der Waals surface area (Å²) < 4.78 is 15.8. The van der Waals surface area contributed by atoms with Crippen molar-refractivity contribution in [1.29, 1.82) is 0 Å². The summed E-state index contributed by atoms with van der Waals surface area (Å²) in [6.45, 7) is 2.63. The van der Waals surface area contributed by atoms with E-state index < -0.39 is 55.3 Å². The fourth-order valence-corrected chi connectivity index (χ4v) is 10.3. The van der Waals surface area contributed by atoms with Gasteiger partial charge >= 0.3 is 0 Å². The van der Waals surface area contributed by atoms with Crippen LogP contribution in [0.3, 0.4) is 0 Å². The second kappa shape index (κ2) is 16.6. The first kappa shape index (κ1) is 42.8. The van der Waals surface area contributed by atoms with Crippen LogP contribution in [0, 0.1) is 18.8 Å². The van der Waals surface area contributed by atoms with Gasteiger partial charge in [0.25, 0.3) is 0 Å². The van der Waals surface area contributed by atoms with Crippen molar-refractivity contribution in [3.05, 3.63) is 93.7 Å². The molecule has 8 atom stereocenters. The Labute approximate surface area is 361 Å². The third kappa shape index (κ3) is 7.62. The topological polar surface area (TPSA) is 249 Å². The van der Waals surface area contributed by atoms with Gasteiger partial charge in [-0.05, 0) is 98.2 Å². The minimum atomic E-state index is -2.40. The molecule has 9 rings (SSSR count). The van der Waals surface area contributed by atoms with Crippen LogP contribution in [0.15, 0.2) is 70.1 Å². The molecule has 1 amide bonds. The molecule has 5 heterocycles. The summed E-state index contributed by atoms with van der Waals surface area (Å²) in [4.78, 5) is 41.9. The molecule has 0 unspecified atom stereocenters. The maximum absolute atomic E-state index is 13.7. The fraction of sp³-hybridized carbons (Fsp3) is 0.447. The van der Waals surface area contributed by atoms with E-state index in [9.17, 15) is 45.3 Å². The number of nitrogens with one attached hydrogen (secondary N) is 2. The highest BCUT2D eigenvalue weighted by Crippen LogP contribution is 2.51. The Bertz CT molecular complexity index is 2760. The van der Waals surface area contributed by atoms with Gasteiger partial charge in [0.15, 0.2) is 16.8 Å². The van der Waals surface area contributed by atoms with Crippen LogP contribution >= 0.6 is 0 Å². The van der Waals surface area contributed by atoms with Gasteiger partial charge in [-0.15, -0.1) is 0 Å². The molecular weight excluding hydrogens is 815 g/mol. The number of aromatic amines is 1. The molecule has 1 saturated heterocycles. The number of nitrogens with zero attached hydrogens (tertiary/aromatic N) is 1. The van der Waals surface area contributed by atoms with E-state index in [1.165, 1.54) is 36.4 Å². The number of aromatic nitrogens is 2. The van der Waals surface area contributed by atoms with Gasteiger partial charge in [0, 0.05) is 66.3 Å². The van der Waals surface area contributed by atoms with Crippen molar-refractivity contribution in [2.75, 3.05) is 19.8 Å². The fourth-order valence-electron chi connectivity index (χ4n) is 10.3. The number of aryl methyl sites for hydroxylation is 2. The average molecular weight is 868 g/mol. The minimum absolute atomic E-state index is 0.0109. The predicted octanol–water partition coefficient (Wildman–Crippen LogP) is 3.87. The lowest BCUT2D eigenvalue weighted by Crippen LogP contribution is -2.58. The number of aliphatic hydroxyl groups excluding tert-OH is 4. The van der Waals surface area contributed by atoms with E-state index in [4.69, 9.17) is 18.9 Å². The smallest absolute Gasteiger partial charge is 0.220 e. The van der Waals surface area contributed by atoms with Gasteiger partial charge in [-0.25, -0.2) is 9.78 Å². The summed E-state index contributed by atoms with van der Waals surface area (Å²) in [6.07, 6.45) is 0.351. The Hall–Kier alpha value is -5.46. The molecular formula is C47H53N3O13. The number of aliphatic hydroxyl groups is 5. The van der Waals surface area contributed by atoms with Gasteiger partial charge < -0.3 is 59.8 Å². The van der Waals surface area contributed by atoms with Crippen LogP contribution in [0.5, 0.6) is 17.2 Å². The van der Waals surface area contributed by atoms with Crippen LogP contribution in [-0.4, -0.2) is 107 Å². The van der Waals surface area contributed by atoms with Gasteiger partial charge in [0.2, 0.25) is 5.91 Å². The second-order valence-electron chi connectivity index (χ2n) is 17.7. The van der Waals surface area contributed by atoms with Crippen LogP contribution in [-0.2, 0) is 33.8 Å². The third-order valence-corrected chi connectivity index (χ3v) is 13.6. The third-order valence-electron chi connectivity index (χ3n) is 13.6. The van der Waals surface area contributed by atoms with Crippen molar-refractivity contribution in [2.24, 2.45) is 11.8 Å². The number of aromatic hydroxyl groups is 2. The number of rotatable bonds is 13. The molecule has 0 radical (unpaired) electrons. The highest BCUT2D eigenvalue weighted by atomic mass is 17.2. The normalized spacial score (nSPS) is 23.7. The van der Waals surface area contributed by atoms with Gasteiger partial charge in [-0.1, -0.05) is 13.0 Å². The molecule has 16 heteroatoms. The lowest BCUT2D eigenvalue weighted by molar-refractivity contribution is -0.374. The average Bonchev–Trinajstić information content (AvgIpc) is 4.00. The van der Waals surface area contributed by atoms with Crippen LogP contribution in [0.4, 0.5) is 0 Å². The molecule has 2 aliphatic heterocycles. The van der Waals surface area contributed by atoms with E-state index in [1.54, 1.807) is 13.0 Å². The lowest BCUT2D eigenvalue weighted by atomic mass is 9.68. The summed E-state index contributed by atoms with van der Waals surface area (Å²) >= 11 is 0. The monoisotopic (exact) mass is 867 g/mol. The molecule has 6 aromatic rings. The van der Waals surface area contributed by atoms with E-state index in [0.29, 0.717) is 82.3 Å². The van der Waals surface area contributed by atoms with E-state index in [0.717, 1.165) is 29.4 Å². The molecule has 3 aromatic carbocycles. The number of H-pyrrole nitrogens is 1. The Morgan fingerprint density at radius 3 is 2.59 bits per heavy atom. The van der Waals surface area contributed by atoms with Gasteiger partial charge in [0.05, 0.1) is 17.5 Å². The number of amides is 1. The van der Waals surface area contributed by atoms with Gasteiger partial charge in [0.1, 0.15) is 65.2 Å². The maximum atomic E-state index is 13.7. The number of carbonyl (C=O) groups is 1. The molecule has 63 heavy (non-hydrogen) atoms. The van der Waals surface area contributed by atoms with Crippen molar-refractivity contribution < 1.29 is 59.5 Å². The van der Waals surface area contributed by atoms with Gasteiger partial charge in [-0.2, -0.15) is 0 Å². The number of benzene rings is 3. The van der Waals surface area contributed by atoms with E-state index >= 15 is 0 Å². The van der Waals surface area contributed by atoms with Crippen LogP contribution < -0.4 is 15.5 Å². The first-order chi connectivity index (χ1) is 30.2. The number of ether oxygens (including phenoxy) is 1. The predicted molar refractivity (Wildman–Crippen MR) is 230 cm³/mol. The number of hydrogen-bond donors (Lipinski definition) is 9. The molecule has 16 nitrogen and oxygen atoms in total. The lowest BCUT2D eigenvalue weighted by Gasteiger charge is -2.49. The number of phenolic OH excluding ortho intramolecular Hbond substituents is 2. The zero-order valence-electron chi connectivity index (χ0n) is 35.0. The SMILES string of the molecule is CCc1c2cc[nH]c2cn1-c1c2c(cc3c(=O)cc(C)oc13)C[C@@H](OOC[C@@](O)(Cc1ccc(O)c3ccc(O)cc13)[C@@H](O)[C@H](O)[C@H](O)CO)[C@]1(CCC[C@@H]([C@@H]3CNC(=O)C3)C1)O2. The summed E-state index contributed by atoms with van der Waals surface area (Å²) in [5, 5.41) is 80.8. The standard InChI is InChI=1S/C47H53N3O13/c1-3-35-31-10-12-48-34(31)21-50(35)41-43-27(14-33-37(54)13-24(2)61-44(33)41)15-39(47(62-43)11-4-5-25(19-47)28-16-40(56)49-20-28)63-60-23-46(59,45(58)42(57)38(55)22-51)18-26-6-9-36(53)30-8-7-29(52)17-32(26)30/h6-10,12-14,17,21,25,28,38-39,42,45,48,51-53,55,57-59H,3-5,11,15-16,18-20,22-23H2,1-2H3,(H,49,56)/t25-,28+,38-,39-,42-,45+,46+,47-/m1/s1. The molecule has 2 fully saturated rings. The van der Waals surface area contributed by atoms with Gasteiger partial charge in [-0.3, -0.25) is 9.59 Å². The Balaban J connectivity index is 1.12. The quantitative estimate of drug-likeness (QED) is 0.0592. The molecule has 334 valence electrons. The molecule has 1 saturated carbocycles. The summed E-state index contributed by atoms with van der Waals surface area (Å²) in [5.74, 6) is 0.827. The Kier molecular flexibility index (Phi) is 11.3. The second-order valence-corrected chi connectivity index (χ2v) is 17.7. The van der Waals surface area contributed by atoms with Crippen molar-refractivity contribution in [2.45, 2.75) is 101 Å². The molecule has 3 aromatic heterocycles. The summed E-state index contributed by atoms with van der Waals surface area (Å²) in [6, 6.07) is 12.4. The number of fused-ring (bicyclic) bond motifs is 4. The minimum Gasteiger partial charge on any atom is -0.508 e. The first-order valence-corrected chi connectivity index (χ1v) is 21.6. The number of carbonyl (C=O) groups excluding carboxylic acids is 1. The maximum Gasteiger partial charge on any atom is 0.220 e.